The van der Waals surface area contributed by atoms with E-state index in [0.29, 0.717) is 40.9 Å². The van der Waals surface area contributed by atoms with Gasteiger partial charge in [-0.2, -0.15) is 0 Å². The van der Waals surface area contributed by atoms with Crippen LogP contribution in [0.5, 0.6) is 0 Å². The van der Waals surface area contributed by atoms with Gasteiger partial charge in [0.25, 0.3) is 5.56 Å². The quantitative estimate of drug-likeness (QED) is 0.755. The second-order valence-corrected chi connectivity index (χ2v) is 8.09. The molecule has 138 valence electrons. The van der Waals surface area contributed by atoms with Gasteiger partial charge in [-0.15, -0.1) is 0 Å². The van der Waals surface area contributed by atoms with Crippen LogP contribution in [-0.2, 0) is 6.67 Å². The summed E-state index contributed by atoms with van der Waals surface area (Å²) in [5, 5.41) is 1.14. The molecule has 1 fully saturated rings. The van der Waals surface area contributed by atoms with Crippen LogP contribution in [0.25, 0.3) is 0 Å². The van der Waals surface area contributed by atoms with Gasteiger partial charge >= 0.3 is 0 Å². The number of halogens is 2. The molecule has 0 atom stereocenters. The summed E-state index contributed by atoms with van der Waals surface area (Å²) in [6.07, 6.45) is 4.84. The maximum absolute atomic E-state index is 12.9. The zero-order valence-electron chi connectivity index (χ0n) is 15.0. The minimum atomic E-state index is 0.0216. The average molecular weight is 393 g/mol. The lowest BCUT2D eigenvalue weighted by atomic mass is 10.2. The lowest BCUT2D eigenvalue weighted by Crippen LogP contribution is -2.50. The van der Waals surface area contributed by atoms with E-state index in [1.165, 1.54) is 25.7 Å². The van der Waals surface area contributed by atoms with Crippen molar-refractivity contribution in [3.63, 3.8) is 0 Å². The number of fused-ring (bicyclic) bond motifs is 1. The van der Waals surface area contributed by atoms with Crippen molar-refractivity contribution in [3.8, 4) is 0 Å². The highest BCUT2D eigenvalue weighted by Crippen LogP contribution is 2.34. The Balaban J connectivity index is 1.85. The Morgan fingerprint density at radius 2 is 1.69 bits per heavy atom. The summed E-state index contributed by atoms with van der Waals surface area (Å²) >= 11 is 12.5. The lowest BCUT2D eigenvalue weighted by Gasteiger charge is -2.41. The van der Waals surface area contributed by atoms with Crippen molar-refractivity contribution in [3.05, 3.63) is 49.9 Å². The number of aryl methyl sites for hydroxylation is 1. The summed E-state index contributed by atoms with van der Waals surface area (Å²) in [6.45, 7) is 4.98. The maximum Gasteiger partial charge on any atom is 0.259 e. The third-order valence-electron chi connectivity index (χ3n) is 5.51. The minimum absolute atomic E-state index is 0.0216. The predicted octanol–water partition coefficient (Wildman–Crippen LogP) is 4.48. The second-order valence-electron chi connectivity index (χ2n) is 7.22. The third kappa shape index (κ3) is 3.13. The van der Waals surface area contributed by atoms with E-state index in [2.05, 4.69) is 4.90 Å². The standard InChI is InChI=1S/C19H22Cl2N4O/c1-12-13(2)22-19-24(17-8-14(20)7-15(21)9-17)10-23(11-25(19)18(12)26)16-5-3-4-6-16/h7-9,16H,3-6,10-11H2,1-2H3. The number of hydrogen-bond donors (Lipinski definition) is 0. The van der Waals surface area contributed by atoms with Crippen molar-refractivity contribution in [1.29, 1.82) is 0 Å². The molecule has 1 aromatic heterocycles. The van der Waals surface area contributed by atoms with Gasteiger partial charge in [0.05, 0.1) is 13.3 Å². The molecule has 0 spiro atoms. The van der Waals surface area contributed by atoms with Gasteiger partial charge in [0.15, 0.2) is 0 Å². The molecule has 1 aromatic carbocycles. The molecular formula is C19H22Cl2N4O. The van der Waals surface area contributed by atoms with Crippen molar-refractivity contribution in [2.24, 2.45) is 0 Å². The Hall–Kier alpha value is -1.56. The van der Waals surface area contributed by atoms with Crippen LogP contribution in [0.4, 0.5) is 11.6 Å². The molecule has 4 rings (SSSR count). The third-order valence-corrected chi connectivity index (χ3v) is 5.94. The summed E-state index contributed by atoms with van der Waals surface area (Å²) in [5.41, 5.74) is 2.34. The first kappa shape index (κ1) is 17.8. The summed E-state index contributed by atoms with van der Waals surface area (Å²) in [5.74, 6) is 0.658. The van der Waals surface area contributed by atoms with Gasteiger partial charge in [0, 0.05) is 33.0 Å². The Morgan fingerprint density at radius 1 is 1.04 bits per heavy atom. The Morgan fingerprint density at radius 3 is 2.35 bits per heavy atom. The van der Waals surface area contributed by atoms with Crippen LogP contribution in [0.1, 0.15) is 36.9 Å². The van der Waals surface area contributed by atoms with Gasteiger partial charge in [-0.05, 0) is 44.9 Å². The number of benzene rings is 1. The number of aromatic nitrogens is 2. The number of hydrogen-bond acceptors (Lipinski definition) is 4. The van der Waals surface area contributed by atoms with E-state index in [4.69, 9.17) is 28.2 Å². The van der Waals surface area contributed by atoms with E-state index in [1.807, 2.05) is 30.9 Å². The zero-order valence-corrected chi connectivity index (χ0v) is 16.5. The van der Waals surface area contributed by atoms with Gasteiger partial charge in [0.2, 0.25) is 5.95 Å². The highest BCUT2D eigenvalue weighted by molar-refractivity contribution is 6.35. The maximum atomic E-state index is 12.9. The SMILES string of the molecule is Cc1nc2n(c(=O)c1C)CN(C1CCCC1)CN2c1cc(Cl)cc(Cl)c1. The summed E-state index contributed by atoms with van der Waals surface area (Å²) < 4.78 is 1.78. The van der Waals surface area contributed by atoms with E-state index in [1.54, 1.807) is 10.6 Å². The molecule has 2 aliphatic rings. The molecule has 2 heterocycles. The molecule has 1 aliphatic heterocycles. The van der Waals surface area contributed by atoms with Crippen molar-refractivity contribution < 1.29 is 0 Å². The monoisotopic (exact) mass is 392 g/mol. The molecule has 0 bridgehead atoms. The molecule has 7 heteroatoms. The van der Waals surface area contributed by atoms with Crippen LogP contribution in [0, 0.1) is 13.8 Å². The highest BCUT2D eigenvalue weighted by Gasteiger charge is 2.32. The molecule has 0 N–H and O–H groups in total. The molecule has 0 amide bonds. The number of anilines is 2. The van der Waals surface area contributed by atoms with Gasteiger partial charge in [-0.1, -0.05) is 36.0 Å². The second kappa shape index (κ2) is 6.87. The molecular weight excluding hydrogens is 371 g/mol. The molecule has 0 radical (unpaired) electrons. The Bertz CT molecular complexity index is 885. The molecule has 2 aromatic rings. The van der Waals surface area contributed by atoms with Gasteiger partial charge in [-0.25, -0.2) is 4.98 Å². The van der Waals surface area contributed by atoms with Crippen molar-refractivity contribution in [2.75, 3.05) is 11.6 Å². The fourth-order valence-corrected chi connectivity index (χ4v) is 4.45. The lowest BCUT2D eigenvalue weighted by molar-refractivity contribution is 0.138. The first-order valence-electron chi connectivity index (χ1n) is 9.00. The highest BCUT2D eigenvalue weighted by atomic mass is 35.5. The molecule has 1 saturated carbocycles. The topological polar surface area (TPSA) is 41.4 Å². The first-order valence-corrected chi connectivity index (χ1v) is 9.75. The van der Waals surface area contributed by atoms with E-state index in [0.717, 1.165) is 11.4 Å². The number of rotatable bonds is 2. The van der Waals surface area contributed by atoms with Crippen LogP contribution in [0.3, 0.4) is 0 Å². The fourth-order valence-electron chi connectivity index (χ4n) is 3.94. The van der Waals surface area contributed by atoms with Crippen LogP contribution < -0.4 is 10.5 Å². The molecule has 5 nitrogen and oxygen atoms in total. The Kier molecular flexibility index (Phi) is 4.71. The van der Waals surface area contributed by atoms with Crippen molar-refractivity contribution in [1.82, 2.24) is 14.5 Å². The van der Waals surface area contributed by atoms with E-state index < -0.39 is 0 Å². The number of nitrogens with zero attached hydrogens (tertiary/aromatic N) is 4. The summed E-state index contributed by atoms with van der Waals surface area (Å²) in [7, 11) is 0. The van der Waals surface area contributed by atoms with Crippen LogP contribution in [0.15, 0.2) is 23.0 Å². The van der Waals surface area contributed by atoms with Crippen LogP contribution in [-0.4, -0.2) is 27.2 Å². The molecule has 26 heavy (non-hydrogen) atoms. The molecule has 0 saturated heterocycles. The summed E-state index contributed by atoms with van der Waals surface area (Å²) in [4.78, 5) is 22.1. The van der Waals surface area contributed by atoms with E-state index in [9.17, 15) is 4.79 Å². The first-order chi connectivity index (χ1) is 12.4. The van der Waals surface area contributed by atoms with E-state index in [-0.39, 0.29) is 5.56 Å². The van der Waals surface area contributed by atoms with Crippen molar-refractivity contribution in [2.45, 2.75) is 52.2 Å². The Labute approximate surface area is 163 Å². The fraction of sp³-hybridized carbons (Fsp3) is 0.474. The van der Waals surface area contributed by atoms with Gasteiger partial charge in [-0.3, -0.25) is 19.2 Å². The predicted molar refractivity (Wildman–Crippen MR) is 106 cm³/mol. The molecule has 1 aliphatic carbocycles. The van der Waals surface area contributed by atoms with Gasteiger partial charge < -0.3 is 0 Å². The largest absolute Gasteiger partial charge is 0.298 e. The minimum Gasteiger partial charge on any atom is -0.298 e. The summed E-state index contributed by atoms with van der Waals surface area (Å²) in [6, 6.07) is 5.95. The van der Waals surface area contributed by atoms with Crippen LogP contribution >= 0.6 is 23.2 Å². The van der Waals surface area contributed by atoms with Gasteiger partial charge in [0.1, 0.15) is 0 Å². The van der Waals surface area contributed by atoms with E-state index >= 15 is 0 Å². The smallest absolute Gasteiger partial charge is 0.259 e. The molecule has 0 unspecified atom stereocenters. The van der Waals surface area contributed by atoms with Crippen LogP contribution in [0.2, 0.25) is 10.0 Å². The average Bonchev–Trinajstić information content (AvgIpc) is 3.13. The normalized spacial score (nSPS) is 18.4. The van der Waals surface area contributed by atoms with Crippen molar-refractivity contribution >= 4 is 34.8 Å². The zero-order chi connectivity index (χ0) is 18.4.